The maximum absolute atomic E-state index is 13.0. The van der Waals surface area contributed by atoms with E-state index in [1.807, 2.05) is 41.3 Å². The molecule has 29 heavy (non-hydrogen) atoms. The number of nitrogens with zero attached hydrogens (tertiary/aromatic N) is 2. The third kappa shape index (κ3) is 4.60. The maximum atomic E-state index is 13.0. The lowest BCUT2D eigenvalue weighted by atomic mass is 10.1. The van der Waals surface area contributed by atoms with Crippen LogP contribution in [0.3, 0.4) is 0 Å². The number of benzene rings is 2. The number of aromatic nitrogens is 1. The molecular formula is C22H22ClN3O3. The number of carbonyl (C=O) groups excluding carboxylic acids is 1. The molecule has 0 radical (unpaired) electrons. The van der Waals surface area contributed by atoms with E-state index < -0.39 is 0 Å². The number of hydrogen-bond donors (Lipinski definition) is 1. The number of amides is 1. The van der Waals surface area contributed by atoms with Crippen LogP contribution in [-0.4, -0.2) is 60.0 Å². The zero-order valence-electron chi connectivity index (χ0n) is 15.9. The SMILES string of the molecule is O=C(c1cc(=O)[nH]c2ccccc12)N1CCN(CCOc2ccc(Cl)cc2)CC1. The summed E-state index contributed by atoms with van der Waals surface area (Å²) in [5, 5.41) is 1.46. The summed E-state index contributed by atoms with van der Waals surface area (Å²) >= 11 is 5.88. The molecule has 1 saturated heterocycles. The first kappa shape index (κ1) is 19.5. The van der Waals surface area contributed by atoms with Gasteiger partial charge in [-0.05, 0) is 30.3 Å². The van der Waals surface area contributed by atoms with Gasteiger partial charge in [0.25, 0.3) is 5.91 Å². The van der Waals surface area contributed by atoms with Gasteiger partial charge in [0.2, 0.25) is 5.56 Å². The summed E-state index contributed by atoms with van der Waals surface area (Å²) < 4.78 is 5.75. The monoisotopic (exact) mass is 411 g/mol. The van der Waals surface area contributed by atoms with Crippen LogP contribution in [0.2, 0.25) is 5.02 Å². The first-order valence-corrected chi connectivity index (χ1v) is 10.00. The van der Waals surface area contributed by atoms with Gasteiger partial charge in [-0.1, -0.05) is 29.8 Å². The lowest BCUT2D eigenvalue weighted by Crippen LogP contribution is -2.49. The predicted molar refractivity (Wildman–Crippen MR) is 114 cm³/mol. The summed E-state index contributed by atoms with van der Waals surface area (Å²) in [5.41, 5.74) is 0.884. The molecule has 7 heteroatoms. The minimum atomic E-state index is -0.259. The van der Waals surface area contributed by atoms with E-state index in [1.165, 1.54) is 6.07 Å². The number of halogens is 1. The molecule has 0 spiro atoms. The molecule has 0 aliphatic carbocycles. The van der Waals surface area contributed by atoms with Crippen molar-refractivity contribution in [2.45, 2.75) is 0 Å². The fraction of sp³-hybridized carbons (Fsp3) is 0.273. The highest BCUT2D eigenvalue weighted by Gasteiger charge is 2.23. The Balaban J connectivity index is 1.33. The first-order valence-electron chi connectivity index (χ1n) is 9.62. The van der Waals surface area contributed by atoms with E-state index in [0.29, 0.717) is 35.8 Å². The van der Waals surface area contributed by atoms with Crippen molar-refractivity contribution in [2.75, 3.05) is 39.3 Å². The van der Waals surface area contributed by atoms with Crippen molar-refractivity contribution in [1.82, 2.24) is 14.8 Å². The van der Waals surface area contributed by atoms with Crippen molar-refractivity contribution >= 4 is 28.4 Å². The van der Waals surface area contributed by atoms with Crippen LogP contribution >= 0.6 is 11.6 Å². The summed E-state index contributed by atoms with van der Waals surface area (Å²) in [6, 6.07) is 16.1. The van der Waals surface area contributed by atoms with E-state index >= 15 is 0 Å². The summed E-state index contributed by atoms with van der Waals surface area (Å²) in [6.45, 7) is 4.17. The number of nitrogens with one attached hydrogen (secondary N) is 1. The standard InChI is InChI=1S/C22H22ClN3O3/c23-16-5-7-17(8-6-16)29-14-13-25-9-11-26(12-10-25)22(28)19-15-21(27)24-20-4-2-1-3-18(19)20/h1-8,15H,9-14H2,(H,24,27). The highest BCUT2D eigenvalue weighted by atomic mass is 35.5. The fourth-order valence-corrected chi connectivity index (χ4v) is 3.68. The number of rotatable bonds is 5. The summed E-state index contributed by atoms with van der Waals surface area (Å²) in [7, 11) is 0. The lowest BCUT2D eigenvalue weighted by Gasteiger charge is -2.34. The van der Waals surface area contributed by atoms with E-state index in [-0.39, 0.29) is 11.5 Å². The van der Waals surface area contributed by atoms with Gasteiger partial charge in [-0.2, -0.15) is 0 Å². The van der Waals surface area contributed by atoms with E-state index in [2.05, 4.69) is 9.88 Å². The van der Waals surface area contributed by atoms with Crippen LogP contribution in [0.15, 0.2) is 59.4 Å². The normalized spacial score (nSPS) is 14.9. The number of ether oxygens (including phenoxy) is 1. The number of piperazine rings is 1. The molecule has 150 valence electrons. The van der Waals surface area contributed by atoms with Gasteiger partial charge in [-0.25, -0.2) is 0 Å². The number of hydrogen-bond acceptors (Lipinski definition) is 4. The second kappa shape index (κ2) is 8.68. The Morgan fingerprint density at radius 2 is 1.76 bits per heavy atom. The van der Waals surface area contributed by atoms with Crippen molar-refractivity contribution in [2.24, 2.45) is 0 Å². The quantitative estimate of drug-likeness (QED) is 0.700. The minimum absolute atomic E-state index is 0.0932. The molecule has 1 fully saturated rings. The zero-order chi connectivity index (χ0) is 20.2. The molecule has 1 amide bonds. The Bertz CT molecular complexity index is 1060. The largest absolute Gasteiger partial charge is 0.492 e. The van der Waals surface area contributed by atoms with Crippen molar-refractivity contribution in [3.63, 3.8) is 0 Å². The maximum Gasteiger partial charge on any atom is 0.254 e. The van der Waals surface area contributed by atoms with Crippen molar-refractivity contribution in [1.29, 1.82) is 0 Å². The van der Waals surface area contributed by atoms with Crippen molar-refractivity contribution in [3.05, 3.63) is 75.5 Å². The van der Waals surface area contributed by atoms with Crippen molar-refractivity contribution in [3.8, 4) is 5.75 Å². The predicted octanol–water partition coefficient (Wildman–Crippen LogP) is 3.02. The van der Waals surface area contributed by atoms with Crippen LogP contribution in [0.5, 0.6) is 5.75 Å². The number of fused-ring (bicyclic) bond motifs is 1. The molecule has 0 atom stereocenters. The molecule has 1 aromatic heterocycles. The van der Waals surface area contributed by atoms with Gasteiger partial charge >= 0.3 is 0 Å². The van der Waals surface area contributed by atoms with E-state index in [0.717, 1.165) is 30.8 Å². The number of carbonyl (C=O) groups is 1. The molecule has 0 bridgehead atoms. The van der Waals surface area contributed by atoms with E-state index in [1.54, 1.807) is 12.1 Å². The average Bonchev–Trinajstić information content (AvgIpc) is 2.74. The molecule has 1 aliphatic rings. The Kier molecular flexibility index (Phi) is 5.83. The zero-order valence-corrected chi connectivity index (χ0v) is 16.7. The second-order valence-electron chi connectivity index (χ2n) is 7.03. The first-order chi connectivity index (χ1) is 14.1. The van der Waals surface area contributed by atoms with Crippen LogP contribution in [0.25, 0.3) is 10.9 Å². The summed E-state index contributed by atoms with van der Waals surface area (Å²) in [5.74, 6) is 0.703. The smallest absolute Gasteiger partial charge is 0.254 e. The molecule has 1 N–H and O–H groups in total. The molecule has 4 rings (SSSR count). The Morgan fingerprint density at radius 3 is 2.52 bits per heavy atom. The Labute approximate surface area is 173 Å². The highest BCUT2D eigenvalue weighted by molar-refractivity contribution is 6.30. The summed E-state index contributed by atoms with van der Waals surface area (Å²) in [6.07, 6.45) is 0. The van der Waals surface area contributed by atoms with Gasteiger partial charge < -0.3 is 14.6 Å². The van der Waals surface area contributed by atoms with Gasteiger partial charge in [-0.15, -0.1) is 0 Å². The number of aromatic amines is 1. The molecule has 6 nitrogen and oxygen atoms in total. The van der Waals surface area contributed by atoms with Crippen LogP contribution < -0.4 is 10.3 Å². The number of H-pyrrole nitrogens is 1. The van der Waals surface area contributed by atoms with Crippen LogP contribution in [0.1, 0.15) is 10.4 Å². The van der Waals surface area contributed by atoms with Gasteiger partial charge in [0.15, 0.2) is 0 Å². The van der Waals surface area contributed by atoms with Crippen LogP contribution in [-0.2, 0) is 0 Å². The van der Waals surface area contributed by atoms with Crippen LogP contribution in [0, 0.1) is 0 Å². The molecule has 2 aromatic carbocycles. The molecule has 3 aromatic rings. The Morgan fingerprint density at radius 1 is 1.03 bits per heavy atom. The number of para-hydroxylation sites is 1. The van der Waals surface area contributed by atoms with Gasteiger partial charge in [0, 0.05) is 54.7 Å². The molecular weight excluding hydrogens is 390 g/mol. The van der Waals surface area contributed by atoms with Gasteiger partial charge in [0.1, 0.15) is 12.4 Å². The highest BCUT2D eigenvalue weighted by Crippen LogP contribution is 2.18. The van der Waals surface area contributed by atoms with E-state index in [4.69, 9.17) is 16.3 Å². The molecule has 0 unspecified atom stereocenters. The summed E-state index contributed by atoms with van der Waals surface area (Å²) in [4.78, 5) is 31.8. The minimum Gasteiger partial charge on any atom is -0.492 e. The number of pyridine rings is 1. The second-order valence-corrected chi connectivity index (χ2v) is 7.47. The van der Waals surface area contributed by atoms with Crippen molar-refractivity contribution < 1.29 is 9.53 Å². The third-order valence-electron chi connectivity index (χ3n) is 5.13. The molecule has 1 aliphatic heterocycles. The average molecular weight is 412 g/mol. The fourth-order valence-electron chi connectivity index (χ4n) is 3.55. The Hall–Kier alpha value is -2.83. The molecule has 0 saturated carbocycles. The van der Waals surface area contributed by atoms with E-state index in [9.17, 15) is 9.59 Å². The van der Waals surface area contributed by atoms with Gasteiger partial charge in [-0.3, -0.25) is 14.5 Å². The topological polar surface area (TPSA) is 65.6 Å². The third-order valence-corrected chi connectivity index (χ3v) is 5.38. The van der Waals surface area contributed by atoms with Gasteiger partial charge in [0.05, 0.1) is 5.56 Å². The van der Waals surface area contributed by atoms with Crippen LogP contribution in [0.4, 0.5) is 0 Å². The molecule has 2 heterocycles. The lowest BCUT2D eigenvalue weighted by molar-refractivity contribution is 0.0622.